The fourth-order valence-corrected chi connectivity index (χ4v) is 4.59. The van der Waals surface area contributed by atoms with E-state index in [4.69, 9.17) is 5.73 Å². The summed E-state index contributed by atoms with van der Waals surface area (Å²) in [5, 5.41) is 19.6. The van der Waals surface area contributed by atoms with Crippen LogP contribution >= 0.6 is 0 Å². The van der Waals surface area contributed by atoms with Crippen molar-refractivity contribution in [2.75, 3.05) is 66.5 Å². The second-order valence-corrected chi connectivity index (χ2v) is 8.75. The number of carbonyl (C=O) groups is 1. The lowest BCUT2D eigenvalue weighted by molar-refractivity contribution is -0.132. The van der Waals surface area contributed by atoms with E-state index in [0.717, 1.165) is 64.4 Å². The van der Waals surface area contributed by atoms with Gasteiger partial charge in [-0.3, -0.25) is 9.80 Å². The molecule has 31 heavy (non-hydrogen) atoms. The van der Waals surface area contributed by atoms with Crippen molar-refractivity contribution >= 4 is 5.97 Å². The van der Waals surface area contributed by atoms with Crippen molar-refractivity contribution < 1.29 is 9.90 Å². The zero-order valence-corrected chi connectivity index (χ0v) is 18.9. The van der Waals surface area contributed by atoms with Gasteiger partial charge in [-0.15, -0.1) is 0 Å². The van der Waals surface area contributed by atoms with Crippen LogP contribution in [0.25, 0.3) is 0 Å². The van der Waals surface area contributed by atoms with Gasteiger partial charge in [0.2, 0.25) is 0 Å². The SMILES string of the molecule is C1CNCCN1.CN(C)C1(N)C=CC(C(=O)O)=C(C2(N3CCNCC3)C=CC=CC2)C1. The molecular weight excluding hydrogens is 392 g/mol. The highest BCUT2D eigenvalue weighted by Crippen LogP contribution is 2.42. The van der Waals surface area contributed by atoms with Gasteiger partial charge < -0.3 is 26.8 Å². The molecule has 2 aliphatic carbocycles. The van der Waals surface area contributed by atoms with Crippen LogP contribution < -0.4 is 21.7 Å². The number of hydrogen-bond acceptors (Lipinski definition) is 7. The molecule has 0 radical (unpaired) electrons. The molecule has 8 heteroatoms. The average Bonchev–Trinajstić information content (AvgIpc) is 2.81. The highest BCUT2D eigenvalue weighted by atomic mass is 16.4. The summed E-state index contributed by atoms with van der Waals surface area (Å²) in [6, 6.07) is 0. The number of rotatable bonds is 4. The number of piperazine rings is 2. The summed E-state index contributed by atoms with van der Waals surface area (Å²) in [6.45, 7) is 8.15. The van der Waals surface area contributed by atoms with Crippen LogP contribution in [0.15, 0.2) is 47.6 Å². The highest BCUT2D eigenvalue weighted by Gasteiger charge is 2.45. The van der Waals surface area contributed by atoms with E-state index >= 15 is 0 Å². The predicted molar refractivity (Wildman–Crippen MR) is 125 cm³/mol. The van der Waals surface area contributed by atoms with Gasteiger partial charge in [-0.1, -0.05) is 24.3 Å². The summed E-state index contributed by atoms with van der Waals surface area (Å²) >= 11 is 0. The van der Waals surface area contributed by atoms with E-state index < -0.39 is 17.2 Å². The highest BCUT2D eigenvalue weighted by molar-refractivity contribution is 5.92. The molecule has 172 valence electrons. The minimum atomic E-state index is -0.885. The lowest BCUT2D eigenvalue weighted by atomic mass is 9.73. The average molecular weight is 431 g/mol. The molecule has 0 bridgehead atoms. The van der Waals surface area contributed by atoms with Crippen LogP contribution in [0.5, 0.6) is 0 Å². The van der Waals surface area contributed by atoms with Crippen LogP contribution in [-0.4, -0.2) is 98.5 Å². The number of allylic oxidation sites excluding steroid dienone is 2. The third kappa shape index (κ3) is 5.52. The topological polar surface area (TPSA) is 106 Å². The van der Waals surface area contributed by atoms with Crippen molar-refractivity contribution in [1.29, 1.82) is 0 Å². The van der Waals surface area contributed by atoms with Gasteiger partial charge >= 0.3 is 5.97 Å². The smallest absolute Gasteiger partial charge is 0.335 e. The number of hydrogen-bond donors (Lipinski definition) is 5. The minimum absolute atomic E-state index is 0.376. The van der Waals surface area contributed by atoms with Gasteiger partial charge in [-0.25, -0.2) is 4.79 Å². The zero-order chi connectivity index (χ0) is 22.3. The molecule has 0 aromatic rings. The number of carboxylic acids is 1. The van der Waals surface area contributed by atoms with Crippen LogP contribution in [0.3, 0.4) is 0 Å². The largest absolute Gasteiger partial charge is 0.478 e. The Kier molecular flexibility index (Phi) is 8.21. The number of nitrogens with zero attached hydrogens (tertiary/aromatic N) is 2. The predicted octanol–water partition coefficient (Wildman–Crippen LogP) is -0.117. The van der Waals surface area contributed by atoms with E-state index in [2.05, 4.69) is 33.0 Å². The summed E-state index contributed by atoms with van der Waals surface area (Å²) in [7, 11) is 3.86. The molecule has 2 heterocycles. The van der Waals surface area contributed by atoms with E-state index in [-0.39, 0.29) is 0 Å². The van der Waals surface area contributed by atoms with Gasteiger partial charge in [0.05, 0.1) is 16.8 Å². The third-order valence-electron chi connectivity index (χ3n) is 6.60. The molecule has 4 aliphatic rings. The molecule has 0 saturated carbocycles. The molecule has 8 nitrogen and oxygen atoms in total. The van der Waals surface area contributed by atoms with E-state index in [1.807, 2.05) is 37.2 Å². The fraction of sp³-hybridized carbons (Fsp3) is 0.609. The quantitative estimate of drug-likeness (QED) is 0.393. The van der Waals surface area contributed by atoms with Crippen LogP contribution in [0.1, 0.15) is 12.8 Å². The Labute approximate surface area is 185 Å². The maximum Gasteiger partial charge on any atom is 0.335 e. The van der Waals surface area contributed by atoms with Gasteiger partial charge in [-0.05, 0) is 38.2 Å². The Morgan fingerprint density at radius 3 is 2.13 bits per heavy atom. The fourth-order valence-electron chi connectivity index (χ4n) is 4.59. The van der Waals surface area contributed by atoms with Crippen molar-refractivity contribution in [3.8, 4) is 0 Å². The first kappa shape index (κ1) is 23.8. The molecule has 2 saturated heterocycles. The maximum atomic E-state index is 12.0. The van der Waals surface area contributed by atoms with Crippen LogP contribution in [-0.2, 0) is 4.79 Å². The molecule has 2 atom stereocenters. The van der Waals surface area contributed by atoms with Crippen LogP contribution in [0.2, 0.25) is 0 Å². The van der Waals surface area contributed by atoms with E-state index in [9.17, 15) is 9.90 Å². The Hall–Kier alpha value is -1.81. The summed E-state index contributed by atoms with van der Waals surface area (Å²) in [4.78, 5) is 16.3. The maximum absolute atomic E-state index is 12.0. The second kappa shape index (κ2) is 10.7. The van der Waals surface area contributed by atoms with Gasteiger partial charge in [-0.2, -0.15) is 0 Å². The first-order chi connectivity index (χ1) is 14.9. The molecule has 0 aromatic heterocycles. The van der Waals surface area contributed by atoms with Crippen LogP contribution in [0.4, 0.5) is 0 Å². The van der Waals surface area contributed by atoms with Gasteiger partial charge in [0, 0.05) is 58.8 Å². The first-order valence-corrected chi connectivity index (χ1v) is 11.2. The normalized spacial score (nSPS) is 31.5. The molecule has 0 amide bonds. The molecule has 4 rings (SSSR count). The lowest BCUT2D eigenvalue weighted by Crippen LogP contribution is -2.60. The number of aliphatic carboxylic acids is 1. The Morgan fingerprint density at radius 1 is 1.03 bits per heavy atom. The third-order valence-corrected chi connectivity index (χ3v) is 6.60. The van der Waals surface area contributed by atoms with Crippen molar-refractivity contribution in [3.63, 3.8) is 0 Å². The Balaban J connectivity index is 0.000000391. The van der Waals surface area contributed by atoms with E-state index in [1.54, 1.807) is 6.08 Å². The standard InChI is InChI=1S/C19H28N4O2.C4H10N2/c1-22(2)19(20)9-6-15(17(24)25)16(14-19)18(7-4-3-5-8-18)23-12-10-21-11-13-23;1-2-6-4-3-5-1/h3-7,9,21H,8,10-14,20H2,1-2H3,(H,24,25);5-6H,1-4H2. The number of nitrogens with two attached hydrogens (primary N) is 1. The molecule has 2 fully saturated rings. The monoisotopic (exact) mass is 430 g/mol. The zero-order valence-electron chi connectivity index (χ0n) is 18.9. The molecule has 2 aliphatic heterocycles. The summed E-state index contributed by atoms with van der Waals surface area (Å²) in [5.74, 6) is -0.885. The van der Waals surface area contributed by atoms with Crippen molar-refractivity contribution in [1.82, 2.24) is 25.8 Å². The number of likely N-dealkylation sites (N-methyl/N-ethyl adjacent to an activating group) is 1. The van der Waals surface area contributed by atoms with Crippen molar-refractivity contribution in [3.05, 3.63) is 47.6 Å². The molecule has 0 aromatic carbocycles. The Morgan fingerprint density at radius 2 is 1.65 bits per heavy atom. The van der Waals surface area contributed by atoms with Gasteiger partial charge in [0.1, 0.15) is 0 Å². The first-order valence-electron chi connectivity index (χ1n) is 11.2. The summed E-state index contributed by atoms with van der Waals surface area (Å²) in [5.41, 5.74) is 6.77. The minimum Gasteiger partial charge on any atom is -0.478 e. The summed E-state index contributed by atoms with van der Waals surface area (Å²) in [6.07, 6.45) is 13.1. The second-order valence-electron chi connectivity index (χ2n) is 8.75. The van der Waals surface area contributed by atoms with Gasteiger partial charge in [0.15, 0.2) is 0 Å². The summed E-state index contributed by atoms with van der Waals surface area (Å²) < 4.78 is 0. The lowest BCUT2D eigenvalue weighted by Gasteiger charge is -2.50. The molecule has 2 unspecified atom stereocenters. The molecule has 6 N–H and O–H groups in total. The Bertz CT molecular complexity index is 738. The van der Waals surface area contributed by atoms with E-state index in [1.165, 1.54) is 0 Å². The van der Waals surface area contributed by atoms with E-state index in [0.29, 0.717) is 12.0 Å². The number of carboxylic acid groups (broad SMARTS) is 1. The van der Waals surface area contributed by atoms with Gasteiger partial charge in [0.25, 0.3) is 0 Å². The van der Waals surface area contributed by atoms with Crippen molar-refractivity contribution in [2.24, 2.45) is 5.73 Å². The van der Waals surface area contributed by atoms with Crippen LogP contribution in [0, 0.1) is 0 Å². The number of nitrogens with one attached hydrogen (secondary N) is 3. The molecular formula is C23H38N6O2. The molecule has 0 spiro atoms. The van der Waals surface area contributed by atoms with Crippen molar-refractivity contribution in [2.45, 2.75) is 24.0 Å².